The number of hydrogen-bond acceptors (Lipinski definition) is 4. The van der Waals surface area contributed by atoms with Crippen LogP contribution in [0.15, 0.2) is 59.1 Å². The van der Waals surface area contributed by atoms with Crippen LogP contribution < -0.4 is 10.1 Å². The maximum absolute atomic E-state index is 12.9. The van der Waals surface area contributed by atoms with Crippen molar-refractivity contribution in [1.29, 1.82) is 0 Å². The highest BCUT2D eigenvalue weighted by Crippen LogP contribution is 2.44. The van der Waals surface area contributed by atoms with Crippen molar-refractivity contribution in [2.75, 3.05) is 37.3 Å². The van der Waals surface area contributed by atoms with Crippen LogP contribution in [-0.4, -0.2) is 58.6 Å². The normalized spacial score (nSPS) is 17.8. The second kappa shape index (κ2) is 9.31. The van der Waals surface area contributed by atoms with Gasteiger partial charge in [-0.1, -0.05) is 30.3 Å². The topological polar surface area (TPSA) is 61.9 Å². The number of amides is 3. The molecule has 2 aliphatic rings. The third-order valence-corrected chi connectivity index (χ3v) is 7.78. The Morgan fingerprint density at radius 1 is 1.03 bits per heavy atom. The van der Waals surface area contributed by atoms with E-state index in [9.17, 15) is 9.59 Å². The van der Waals surface area contributed by atoms with Crippen molar-refractivity contribution in [1.82, 2.24) is 9.80 Å². The third-order valence-electron chi connectivity index (χ3n) is 5.53. The second-order valence-electron chi connectivity index (χ2n) is 7.34. The summed E-state index contributed by atoms with van der Waals surface area (Å²) in [5.41, 5.74) is 0.757. The van der Waals surface area contributed by atoms with Gasteiger partial charge < -0.3 is 19.9 Å². The zero-order valence-corrected chi connectivity index (χ0v) is 19.0. The Morgan fingerprint density at radius 3 is 2.47 bits per heavy atom. The number of rotatable bonds is 4. The van der Waals surface area contributed by atoms with Gasteiger partial charge >= 0.3 is 6.03 Å². The average molecular weight is 490 g/mol. The molecule has 0 radical (unpaired) electrons. The molecule has 2 heterocycles. The number of hydrogen-bond donors (Lipinski definition) is 1. The molecule has 2 aliphatic heterocycles. The summed E-state index contributed by atoms with van der Waals surface area (Å²) in [5.74, 6) is 1.63. The van der Waals surface area contributed by atoms with Crippen molar-refractivity contribution in [2.24, 2.45) is 0 Å². The first-order valence-electron chi connectivity index (χ1n) is 10.0. The Kier molecular flexibility index (Phi) is 6.53. The van der Waals surface area contributed by atoms with Crippen LogP contribution >= 0.6 is 27.7 Å². The summed E-state index contributed by atoms with van der Waals surface area (Å²) in [6.07, 6.45) is 1.52. The van der Waals surface area contributed by atoms with Crippen LogP contribution in [0.25, 0.3) is 0 Å². The predicted molar refractivity (Wildman–Crippen MR) is 123 cm³/mol. The number of urea groups is 1. The van der Waals surface area contributed by atoms with Gasteiger partial charge in [0.25, 0.3) is 5.91 Å². The van der Waals surface area contributed by atoms with Crippen LogP contribution in [0.3, 0.4) is 0 Å². The third kappa shape index (κ3) is 4.59. The summed E-state index contributed by atoms with van der Waals surface area (Å²) in [4.78, 5) is 29.1. The highest BCUT2D eigenvalue weighted by Gasteiger charge is 2.46. The molecule has 1 spiro atoms. The van der Waals surface area contributed by atoms with Gasteiger partial charge in [0, 0.05) is 29.9 Å². The van der Waals surface area contributed by atoms with E-state index in [1.165, 1.54) is 0 Å². The molecule has 6 nitrogen and oxygen atoms in total. The second-order valence-corrected chi connectivity index (χ2v) is 9.65. The van der Waals surface area contributed by atoms with Gasteiger partial charge in [0.15, 0.2) is 6.61 Å². The van der Waals surface area contributed by atoms with Crippen molar-refractivity contribution < 1.29 is 14.3 Å². The number of thioether (sulfide) groups is 1. The fraction of sp³-hybridized carbons (Fsp3) is 0.364. The summed E-state index contributed by atoms with van der Waals surface area (Å²) in [5, 5.41) is 2.96. The van der Waals surface area contributed by atoms with Crippen molar-refractivity contribution >= 4 is 45.3 Å². The van der Waals surface area contributed by atoms with Crippen molar-refractivity contribution in [2.45, 2.75) is 17.7 Å². The Balaban J connectivity index is 1.33. The number of piperidine rings is 1. The zero-order chi connectivity index (χ0) is 21.0. The summed E-state index contributed by atoms with van der Waals surface area (Å²) in [7, 11) is 0. The van der Waals surface area contributed by atoms with Crippen LogP contribution in [0.4, 0.5) is 10.5 Å². The molecule has 158 valence electrons. The number of carbonyl (C=O) groups excluding carboxylic acids is 2. The van der Waals surface area contributed by atoms with Gasteiger partial charge in [-0.05, 0) is 53.0 Å². The molecule has 1 N–H and O–H groups in total. The fourth-order valence-electron chi connectivity index (χ4n) is 3.93. The Labute approximate surface area is 189 Å². The quantitative estimate of drug-likeness (QED) is 0.689. The number of nitrogens with one attached hydrogen (secondary N) is 1. The highest BCUT2D eigenvalue weighted by atomic mass is 79.9. The monoisotopic (exact) mass is 489 g/mol. The van der Waals surface area contributed by atoms with E-state index in [1.807, 2.05) is 76.2 Å². The minimum Gasteiger partial charge on any atom is -0.484 e. The number of ether oxygens (including phenoxy) is 1. The molecule has 2 aromatic rings. The number of carbonyl (C=O) groups is 2. The largest absolute Gasteiger partial charge is 0.484 e. The SMILES string of the molecule is O=C(Nc1ccccc1Br)N1CCC2(CC1)SCCN2C(=O)COc1ccccc1. The molecule has 4 rings (SSSR count). The maximum atomic E-state index is 12.9. The van der Waals surface area contributed by atoms with Gasteiger partial charge in [-0.25, -0.2) is 4.79 Å². The Morgan fingerprint density at radius 2 is 1.73 bits per heavy atom. The molecule has 0 saturated carbocycles. The van der Waals surface area contributed by atoms with Gasteiger partial charge in [-0.2, -0.15) is 0 Å². The molecule has 2 aromatic carbocycles. The maximum Gasteiger partial charge on any atom is 0.321 e. The Bertz CT molecular complexity index is 904. The molecule has 0 atom stereocenters. The average Bonchev–Trinajstić information content (AvgIpc) is 3.18. The molecule has 2 saturated heterocycles. The molecule has 8 heteroatoms. The summed E-state index contributed by atoms with van der Waals surface area (Å²) < 4.78 is 6.53. The lowest BCUT2D eigenvalue weighted by molar-refractivity contribution is -0.136. The highest BCUT2D eigenvalue weighted by molar-refractivity contribution is 9.10. The van der Waals surface area contributed by atoms with Gasteiger partial charge in [-0.3, -0.25) is 4.79 Å². The summed E-state index contributed by atoms with van der Waals surface area (Å²) in [6, 6.07) is 16.9. The lowest BCUT2D eigenvalue weighted by Crippen LogP contribution is -2.55. The first-order valence-corrected chi connectivity index (χ1v) is 11.8. The van der Waals surface area contributed by atoms with Gasteiger partial charge in [0.05, 0.1) is 10.6 Å². The van der Waals surface area contributed by atoms with E-state index in [4.69, 9.17) is 4.74 Å². The molecule has 30 heavy (non-hydrogen) atoms. The number of likely N-dealkylation sites (tertiary alicyclic amines) is 1. The molecule has 0 unspecified atom stereocenters. The standard InChI is InChI=1S/C22H24BrN3O3S/c23-18-8-4-5-9-19(18)24-21(28)25-12-10-22(11-13-25)26(14-15-30-22)20(27)16-29-17-6-2-1-3-7-17/h1-9H,10-16H2,(H,24,28). The number of anilines is 1. The van der Waals surface area contributed by atoms with Gasteiger partial charge in [0.2, 0.25) is 0 Å². The van der Waals surface area contributed by atoms with E-state index in [-0.39, 0.29) is 23.4 Å². The number of benzene rings is 2. The lowest BCUT2D eigenvalue weighted by Gasteiger charge is -2.44. The van der Waals surface area contributed by atoms with E-state index < -0.39 is 0 Å². The van der Waals surface area contributed by atoms with Gasteiger partial charge in [0.1, 0.15) is 5.75 Å². The minimum atomic E-state index is -0.235. The van der Waals surface area contributed by atoms with Gasteiger partial charge in [-0.15, -0.1) is 11.8 Å². The molecule has 0 bridgehead atoms. The van der Waals surface area contributed by atoms with E-state index in [1.54, 1.807) is 0 Å². The molecular formula is C22H24BrN3O3S. The fourth-order valence-corrected chi connectivity index (χ4v) is 5.79. The van der Waals surface area contributed by atoms with E-state index in [0.717, 1.165) is 35.3 Å². The predicted octanol–water partition coefficient (Wildman–Crippen LogP) is 4.43. The lowest BCUT2D eigenvalue weighted by atomic mass is 10.0. The molecule has 2 fully saturated rings. The molecule has 0 aliphatic carbocycles. The zero-order valence-electron chi connectivity index (χ0n) is 16.6. The number of para-hydroxylation sites is 2. The van der Waals surface area contributed by atoms with Crippen molar-refractivity contribution in [3.63, 3.8) is 0 Å². The smallest absolute Gasteiger partial charge is 0.321 e. The van der Waals surface area contributed by atoms with Crippen molar-refractivity contribution in [3.05, 3.63) is 59.1 Å². The first-order chi connectivity index (χ1) is 14.6. The van der Waals surface area contributed by atoms with Crippen LogP contribution in [0, 0.1) is 0 Å². The summed E-state index contributed by atoms with van der Waals surface area (Å²) in [6.45, 7) is 2.00. The Hall–Kier alpha value is -2.19. The number of nitrogens with zero attached hydrogens (tertiary/aromatic N) is 2. The van der Waals surface area contributed by atoms with Crippen LogP contribution in [0.2, 0.25) is 0 Å². The molecule has 0 aromatic heterocycles. The molecule has 3 amide bonds. The van der Waals surface area contributed by atoms with Crippen LogP contribution in [-0.2, 0) is 4.79 Å². The van der Waals surface area contributed by atoms with E-state index in [2.05, 4.69) is 21.2 Å². The van der Waals surface area contributed by atoms with Crippen LogP contribution in [0.5, 0.6) is 5.75 Å². The van der Waals surface area contributed by atoms with E-state index >= 15 is 0 Å². The first kappa shape index (κ1) is 21.1. The minimum absolute atomic E-state index is 0.00923. The number of halogens is 1. The van der Waals surface area contributed by atoms with Crippen molar-refractivity contribution in [3.8, 4) is 5.75 Å². The molecular weight excluding hydrogens is 466 g/mol. The van der Waals surface area contributed by atoms with E-state index in [0.29, 0.717) is 18.8 Å². The summed E-state index contributed by atoms with van der Waals surface area (Å²) >= 11 is 5.29. The van der Waals surface area contributed by atoms with Crippen LogP contribution in [0.1, 0.15) is 12.8 Å².